The summed E-state index contributed by atoms with van der Waals surface area (Å²) in [5.41, 5.74) is 4.67. The minimum Gasteiger partial charge on any atom is -0.303 e. The van der Waals surface area contributed by atoms with Gasteiger partial charge in [-0.2, -0.15) is 0 Å². The van der Waals surface area contributed by atoms with Crippen molar-refractivity contribution >= 4 is 5.65 Å². The summed E-state index contributed by atoms with van der Waals surface area (Å²) in [7, 11) is 2.13. The molecule has 0 N–H and O–H groups in total. The second-order valence-electron chi connectivity index (χ2n) is 5.56. The predicted octanol–water partition coefficient (Wildman–Crippen LogP) is 3.23. The fraction of sp³-hybridized carbons (Fsp3) is 0.294. The zero-order valence-electron chi connectivity index (χ0n) is 12.7. The van der Waals surface area contributed by atoms with Crippen LogP contribution in [0.25, 0.3) is 5.65 Å². The molecule has 0 aromatic carbocycles. The van der Waals surface area contributed by atoms with Gasteiger partial charge in [0, 0.05) is 31.2 Å². The van der Waals surface area contributed by atoms with Crippen LogP contribution in [0.1, 0.15) is 29.8 Å². The molecule has 0 fully saturated rings. The largest absolute Gasteiger partial charge is 0.303 e. The van der Waals surface area contributed by atoms with Gasteiger partial charge in [-0.15, -0.1) is 0 Å². The molecular weight excluding hydrogens is 260 g/mol. The molecule has 1 unspecified atom stereocenters. The van der Waals surface area contributed by atoms with Gasteiger partial charge in [0.25, 0.3) is 0 Å². The van der Waals surface area contributed by atoms with Gasteiger partial charge in [0.15, 0.2) is 0 Å². The summed E-state index contributed by atoms with van der Waals surface area (Å²) in [4.78, 5) is 11.0. The van der Waals surface area contributed by atoms with Gasteiger partial charge in [-0.05, 0) is 44.2 Å². The maximum atomic E-state index is 4.47. The number of aryl methyl sites for hydroxylation is 1. The smallest absolute Gasteiger partial charge is 0.136 e. The number of fused-ring (bicyclic) bond motifs is 1. The molecule has 0 radical (unpaired) electrons. The minimum atomic E-state index is 0.314. The van der Waals surface area contributed by atoms with Crippen molar-refractivity contribution < 1.29 is 0 Å². The standard InChI is InChI=1S/C17H20N4/c1-13-6-7-17-19-10-16(21(17)11-13)12-20(3)14(2)15-5-4-8-18-9-15/h4-11,14H,12H2,1-3H3. The highest BCUT2D eigenvalue weighted by Gasteiger charge is 2.14. The third kappa shape index (κ3) is 2.81. The van der Waals surface area contributed by atoms with Crippen molar-refractivity contribution in [3.8, 4) is 0 Å². The van der Waals surface area contributed by atoms with Gasteiger partial charge in [0.05, 0.1) is 11.9 Å². The minimum absolute atomic E-state index is 0.314. The fourth-order valence-electron chi connectivity index (χ4n) is 2.52. The lowest BCUT2D eigenvalue weighted by atomic mass is 10.1. The van der Waals surface area contributed by atoms with Crippen LogP contribution in [0.2, 0.25) is 0 Å². The van der Waals surface area contributed by atoms with Gasteiger partial charge in [-0.1, -0.05) is 12.1 Å². The lowest BCUT2D eigenvalue weighted by Crippen LogP contribution is -2.22. The Hall–Kier alpha value is -2.20. The molecule has 0 aliphatic rings. The van der Waals surface area contributed by atoms with Gasteiger partial charge in [0.1, 0.15) is 5.65 Å². The average molecular weight is 280 g/mol. The molecule has 21 heavy (non-hydrogen) atoms. The molecule has 0 spiro atoms. The summed E-state index contributed by atoms with van der Waals surface area (Å²) in [6.07, 6.45) is 7.84. The lowest BCUT2D eigenvalue weighted by molar-refractivity contribution is 0.249. The molecule has 4 nitrogen and oxygen atoms in total. The van der Waals surface area contributed by atoms with Gasteiger partial charge in [-0.25, -0.2) is 4.98 Å². The number of rotatable bonds is 4. The molecule has 3 heterocycles. The van der Waals surface area contributed by atoms with E-state index in [2.05, 4.69) is 64.6 Å². The van der Waals surface area contributed by atoms with Crippen molar-refractivity contribution in [2.75, 3.05) is 7.05 Å². The summed E-state index contributed by atoms with van der Waals surface area (Å²) < 4.78 is 2.17. The average Bonchev–Trinajstić information content (AvgIpc) is 2.89. The van der Waals surface area contributed by atoms with Gasteiger partial charge in [0.2, 0.25) is 0 Å². The van der Waals surface area contributed by atoms with Crippen LogP contribution >= 0.6 is 0 Å². The Morgan fingerprint density at radius 3 is 2.86 bits per heavy atom. The third-order valence-electron chi connectivity index (χ3n) is 3.97. The number of pyridine rings is 2. The summed E-state index contributed by atoms with van der Waals surface area (Å²) in [6, 6.07) is 8.57. The van der Waals surface area contributed by atoms with E-state index in [-0.39, 0.29) is 0 Å². The van der Waals surface area contributed by atoms with Crippen LogP contribution in [-0.4, -0.2) is 26.3 Å². The fourth-order valence-corrected chi connectivity index (χ4v) is 2.52. The molecule has 0 saturated carbocycles. The highest BCUT2D eigenvalue weighted by atomic mass is 15.1. The summed E-state index contributed by atoms with van der Waals surface area (Å²) in [6.45, 7) is 5.15. The first-order valence-corrected chi connectivity index (χ1v) is 7.18. The van der Waals surface area contributed by atoms with Crippen LogP contribution in [0, 0.1) is 6.92 Å². The summed E-state index contributed by atoms with van der Waals surface area (Å²) in [5, 5.41) is 0. The number of nitrogens with zero attached hydrogens (tertiary/aromatic N) is 4. The van der Waals surface area contributed by atoms with Crippen molar-refractivity contribution in [3.63, 3.8) is 0 Å². The Morgan fingerprint density at radius 2 is 2.10 bits per heavy atom. The lowest BCUT2D eigenvalue weighted by Gasteiger charge is -2.24. The Bertz CT molecular complexity index is 733. The van der Waals surface area contributed by atoms with E-state index in [0.717, 1.165) is 12.2 Å². The third-order valence-corrected chi connectivity index (χ3v) is 3.97. The quantitative estimate of drug-likeness (QED) is 0.735. The monoisotopic (exact) mass is 280 g/mol. The van der Waals surface area contributed by atoms with E-state index in [1.165, 1.54) is 16.8 Å². The molecule has 3 aromatic rings. The van der Waals surface area contributed by atoms with Crippen molar-refractivity contribution in [2.45, 2.75) is 26.4 Å². The molecule has 0 aliphatic carbocycles. The maximum Gasteiger partial charge on any atom is 0.136 e. The molecule has 3 rings (SSSR count). The highest BCUT2D eigenvalue weighted by molar-refractivity contribution is 5.41. The second kappa shape index (κ2) is 5.66. The van der Waals surface area contributed by atoms with Crippen molar-refractivity contribution in [3.05, 3.63) is 65.9 Å². The van der Waals surface area contributed by atoms with Gasteiger partial charge >= 0.3 is 0 Å². The van der Waals surface area contributed by atoms with E-state index in [4.69, 9.17) is 0 Å². The SMILES string of the molecule is Cc1ccc2ncc(CN(C)C(C)c3cccnc3)n2c1. The number of hydrogen-bond donors (Lipinski definition) is 0. The van der Waals surface area contributed by atoms with Gasteiger partial charge in [-0.3, -0.25) is 9.88 Å². The first-order chi connectivity index (χ1) is 10.1. The Balaban J connectivity index is 1.83. The van der Waals surface area contributed by atoms with Crippen molar-refractivity contribution in [1.82, 2.24) is 19.3 Å². The molecule has 0 aliphatic heterocycles. The summed E-state index contributed by atoms with van der Waals surface area (Å²) >= 11 is 0. The van der Waals surface area contributed by atoms with Crippen LogP contribution in [0.5, 0.6) is 0 Å². The number of aromatic nitrogens is 3. The maximum absolute atomic E-state index is 4.47. The van der Waals surface area contributed by atoms with Gasteiger partial charge < -0.3 is 4.40 Å². The van der Waals surface area contributed by atoms with E-state index in [1.54, 1.807) is 0 Å². The molecule has 1 atom stereocenters. The normalized spacial score (nSPS) is 13.0. The van der Waals surface area contributed by atoms with E-state index in [0.29, 0.717) is 6.04 Å². The number of hydrogen-bond acceptors (Lipinski definition) is 3. The molecular formula is C17H20N4. The topological polar surface area (TPSA) is 33.4 Å². The first-order valence-electron chi connectivity index (χ1n) is 7.18. The van der Waals surface area contributed by atoms with Crippen molar-refractivity contribution in [2.24, 2.45) is 0 Å². The van der Waals surface area contributed by atoms with Crippen LogP contribution < -0.4 is 0 Å². The van der Waals surface area contributed by atoms with Crippen LogP contribution in [0.15, 0.2) is 49.1 Å². The van der Waals surface area contributed by atoms with E-state index in [9.17, 15) is 0 Å². The molecule has 4 heteroatoms. The second-order valence-corrected chi connectivity index (χ2v) is 5.56. The van der Waals surface area contributed by atoms with Crippen LogP contribution in [-0.2, 0) is 6.54 Å². The predicted molar refractivity (Wildman–Crippen MR) is 84.0 cm³/mol. The Labute approximate surface area is 125 Å². The molecule has 0 bridgehead atoms. The zero-order valence-corrected chi connectivity index (χ0v) is 12.7. The van der Waals surface area contributed by atoms with E-state index in [1.807, 2.05) is 24.7 Å². The molecule has 108 valence electrons. The zero-order chi connectivity index (χ0) is 14.8. The Kier molecular flexibility index (Phi) is 3.71. The molecule has 3 aromatic heterocycles. The Morgan fingerprint density at radius 1 is 1.24 bits per heavy atom. The summed E-state index contributed by atoms with van der Waals surface area (Å²) in [5.74, 6) is 0. The number of imidazole rings is 1. The van der Waals surface area contributed by atoms with Crippen LogP contribution in [0.4, 0.5) is 0 Å². The molecule has 0 saturated heterocycles. The van der Waals surface area contributed by atoms with E-state index < -0.39 is 0 Å². The highest BCUT2D eigenvalue weighted by Crippen LogP contribution is 2.20. The molecule has 0 amide bonds. The first kappa shape index (κ1) is 13.8. The van der Waals surface area contributed by atoms with E-state index >= 15 is 0 Å². The van der Waals surface area contributed by atoms with Crippen LogP contribution in [0.3, 0.4) is 0 Å². The van der Waals surface area contributed by atoms with Crippen molar-refractivity contribution in [1.29, 1.82) is 0 Å².